The normalized spacial score (nSPS) is 37.6. The van der Waals surface area contributed by atoms with Crippen LogP contribution in [-0.2, 0) is 23.8 Å². The molecule has 1 spiro atoms. The molecule has 32 heavy (non-hydrogen) atoms. The highest BCUT2D eigenvalue weighted by Crippen LogP contribution is 2.64. The molecule has 5 aliphatic rings. The number of allylic oxidation sites excluding steroid dienone is 4. The van der Waals surface area contributed by atoms with Crippen molar-refractivity contribution >= 4 is 11.7 Å². The second kappa shape index (κ2) is 7.84. The largest absolute Gasteiger partial charge is 0.459 e. The van der Waals surface area contributed by atoms with Gasteiger partial charge in [0.1, 0.15) is 19.4 Å². The van der Waals surface area contributed by atoms with Gasteiger partial charge in [-0.25, -0.2) is 0 Å². The van der Waals surface area contributed by atoms with Crippen LogP contribution in [0.4, 0.5) is 0 Å². The third kappa shape index (κ3) is 3.29. The Morgan fingerprint density at radius 1 is 1.16 bits per heavy atom. The van der Waals surface area contributed by atoms with Crippen molar-refractivity contribution in [2.24, 2.45) is 27.8 Å². The third-order valence-electron chi connectivity index (χ3n) is 8.81. The maximum atomic E-state index is 11.4. The molecule has 0 amide bonds. The van der Waals surface area contributed by atoms with E-state index >= 15 is 0 Å². The van der Waals surface area contributed by atoms with Gasteiger partial charge in [-0.15, -0.1) is 0 Å². The van der Waals surface area contributed by atoms with E-state index in [0.717, 1.165) is 44.2 Å². The lowest BCUT2D eigenvalue weighted by Gasteiger charge is -2.54. The Kier molecular flexibility index (Phi) is 5.37. The van der Waals surface area contributed by atoms with Crippen molar-refractivity contribution in [3.8, 4) is 0 Å². The van der Waals surface area contributed by atoms with Gasteiger partial charge in [0.15, 0.2) is 5.79 Å². The molecule has 1 saturated carbocycles. The Bertz CT molecular complexity index is 925. The lowest BCUT2D eigenvalue weighted by atomic mass is 9.51. The summed E-state index contributed by atoms with van der Waals surface area (Å²) >= 11 is 0. The minimum absolute atomic E-state index is 0.0268. The van der Waals surface area contributed by atoms with Gasteiger partial charge >= 0.3 is 5.97 Å². The van der Waals surface area contributed by atoms with Crippen LogP contribution in [0.3, 0.4) is 0 Å². The smallest absolute Gasteiger partial charge is 0.303 e. The number of fused-ring (bicyclic) bond motifs is 5. The van der Waals surface area contributed by atoms with Crippen molar-refractivity contribution in [3.63, 3.8) is 0 Å². The average molecular weight is 442 g/mol. The van der Waals surface area contributed by atoms with E-state index in [2.05, 4.69) is 37.2 Å². The molecule has 0 aromatic heterocycles. The minimum Gasteiger partial charge on any atom is -0.459 e. The highest BCUT2D eigenvalue weighted by molar-refractivity contribution is 6.03. The molecule has 4 atom stereocenters. The fourth-order valence-electron chi connectivity index (χ4n) is 7.12. The summed E-state index contributed by atoms with van der Waals surface area (Å²) in [7, 11) is 1.55. The Hall–Kier alpha value is -1.92. The van der Waals surface area contributed by atoms with Crippen LogP contribution in [0.2, 0.25) is 0 Å². The van der Waals surface area contributed by atoms with Gasteiger partial charge in [0.25, 0.3) is 0 Å². The standard InChI is InChI=1S/C26H35NO5/c1-17(28)30-16-23(27-29-4)22-8-7-20-19-6-5-18-15-26(31-13-14-32-26)12-11-24(18,2)21(19)9-10-25(20,22)3/h5,8-9,19-20H,6-7,10-16H2,1-4H3/b27-23-/t19?,20?,24-,25?/m0/s1. The first kappa shape index (κ1) is 21.9. The quantitative estimate of drug-likeness (QED) is 0.273. The van der Waals surface area contributed by atoms with E-state index in [4.69, 9.17) is 19.0 Å². The first-order valence-electron chi connectivity index (χ1n) is 11.9. The summed E-state index contributed by atoms with van der Waals surface area (Å²) < 4.78 is 17.4. The summed E-state index contributed by atoms with van der Waals surface area (Å²) in [5.41, 5.74) is 5.11. The molecule has 174 valence electrons. The topological polar surface area (TPSA) is 66.4 Å². The molecule has 5 rings (SSSR count). The van der Waals surface area contributed by atoms with E-state index in [0.29, 0.717) is 25.0 Å². The molecule has 1 aliphatic heterocycles. The zero-order valence-corrected chi connectivity index (χ0v) is 19.7. The number of esters is 1. The molecule has 4 aliphatic carbocycles. The van der Waals surface area contributed by atoms with Crippen molar-refractivity contribution in [2.45, 2.75) is 65.1 Å². The Morgan fingerprint density at radius 2 is 1.94 bits per heavy atom. The minimum atomic E-state index is -0.383. The number of rotatable bonds is 4. The van der Waals surface area contributed by atoms with E-state index < -0.39 is 0 Å². The Balaban J connectivity index is 1.41. The highest BCUT2D eigenvalue weighted by Gasteiger charge is 2.56. The van der Waals surface area contributed by atoms with Crippen molar-refractivity contribution in [1.29, 1.82) is 0 Å². The number of ether oxygens (including phenoxy) is 3. The first-order valence-corrected chi connectivity index (χ1v) is 11.9. The summed E-state index contributed by atoms with van der Waals surface area (Å²) in [5, 5.41) is 4.25. The van der Waals surface area contributed by atoms with Crippen LogP contribution >= 0.6 is 0 Å². The van der Waals surface area contributed by atoms with Crippen LogP contribution in [-0.4, -0.2) is 44.4 Å². The van der Waals surface area contributed by atoms with Crippen molar-refractivity contribution in [2.75, 3.05) is 26.9 Å². The van der Waals surface area contributed by atoms with Gasteiger partial charge in [-0.3, -0.25) is 4.79 Å². The fraction of sp³-hybridized carbons (Fsp3) is 0.692. The van der Waals surface area contributed by atoms with Gasteiger partial charge in [-0.2, -0.15) is 0 Å². The number of carbonyl (C=O) groups excluding carboxylic acids is 1. The van der Waals surface area contributed by atoms with Crippen molar-refractivity contribution in [3.05, 3.63) is 34.9 Å². The molecule has 0 aromatic carbocycles. The van der Waals surface area contributed by atoms with Crippen LogP contribution in [0.5, 0.6) is 0 Å². The monoisotopic (exact) mass is 441 g/mol. The molecule has 0 aromatic rings. The second-order valence-corrected chi connectivity index (χ2v) is 10.4. The van der Waals surface area contributed by atoms with Gasteiger partial charge in [0.05, 0.1) is 13.2 Å². The lowest BCUT2D eigenvalue weighted by molar-refractivity contribution is -0.175. The molecule has 6 nitrogen and oxygen atoms in total. The lowest BCUT2D eigenvalue weighted by Crippen LogP contribution is -2.47. The van der Waals surface area contributed by atoms with Gasteiger partial charge in [-0.1, -0.05) is 48.4 Å². The van der Waals surface area contributed by atoms with E-state index in [9.17, 15) is 4.79 Å². The molecule has 3 unspecified atom stereocenters. The number of oxime groups is 1. The predicted octanol–water partition coefficient (Wildman–Crippen LogP) is 4.71. The molecule has 1 saturated heterocycles. The number of hydrogen-bond acceptors (Lipinski definition) is 6. The Morgan fingerprint density at radius 3 is 2.66 bits per heavy atom. The van der Waals surface area contributed by atoms with Crippen molar-refractivity contribution in [1.82, 2.24) is 0 Å². The zero-order chi connectivity index (χ0) is 22.6. The van der Waals surface area contributed by atoms with E-state index in [1.807, 2.05) is 0 Å². The van der Waals surface area contributed by atoms with Gasteiger partial charge in [0, 0.05) is 30.6 Å². The summed E-state index contributed by atoms with van der Waals surface area (Å²) in [6, 6.07) is 0. The number of carbonyl (C=O) groups is 1. The van der Waals surface area contributed by atoms with Crippen LogP contribution in [0, 0.1) is 22.7 Å². The van der Waals surface area contributed by atoms with Crippen LogP contribution in [0.15, 0.2) is 40.1 Å². The van der Waals surface area contributed by atoms with Crippen molar-refractivity contribution < 1.29 is 23.8 Å². The maximum Gasteiger partial charge on any atom is 0.303 e. The summed E-state index contributed by atoms with van der Waals surface area (Å²) in [4.78, 5) is 16.5. The highest BCUT2D eigenvalue weighted by atomic mass is 16.7. The van der Waals surface area contributed by atoms with Gasteiger partial charge in [0.2, 0.25) is 0 Å². The summed E-state index contributed by atoms with van der Waals surface area (Å²) in [5.74, 6) is 0.351. The van der Waals surface area contributed by atoms with Gasteiger partial charge < -0.3 is 19.0 Å². The molecular weight excluding hydrogens is 406 g/mol. The van der Waals surface area contributed by atoms with E-state index in [1.54, 1.807) is 12.7 Å². The maximum absolute atomic E-state index is 11.4. The number of hydrogen-bond donors (Lipinski definition) is 0. The van der Waals surface area contributed by atoms with E-state index in [-0.39, 0.29) is 29.2 Å². The molecule has 1 heterocycles. The number of nitrogens with zero attached hydrogens (tertiary/aromatic N) is 1. The van der Waals surface area contributed by atoms with Crippen LogP contribution in [0.1, 0.15) is 59.3 Å². The van der Waals surface area contributed by atoms with Crippen LogP contribution < -0.4 is 0 Å². The summed E-state index contributed by atoms with van der Waals surface area (Å²) in [6.45, 7) is 7.79. The molecular formula is C26H35NO5. The fourth-order valence-corrected chi connectivity index (χ4v) is 7.12. The SMILES string of the molecule is CO/N=C(/COC(C)=O)C1=CCC2C3CC=C4CC5(CC[C@]4(C)C3=CCC12C)OCCO5. The molecule has 0 bridgehead atoms. The Labute approximate surface area is 190 Å². The molecule has 0 N–H and O–H groups in total. The second-order valence-electron chi connectivity index (χ2n) is 10.4. The zero-order valence-electron chi connectivity index (χ0n) is 19.7. The first-order chi connectivity index (χ1) is 15.3. The van der Waals surface area contributed by atoms with Gasteiger partial charge in [-0.05, 0) is 43.1 Å². The molecule has 2 fully saturated rings. The average Bonchev–Trinajstić information content (AvgIpc) is 3.36. The van der Waals surface area contributed by atoms with Crippen LogP contribution in [0.25, 0.3) is 0 Å². The third-order valence-corrected chi connectivity index (χ3v) is 8.81. The summed E-state index contributed by atoms with van der Waals surface area (Å²) in [6.07, 6.45) is 13.3. The van der Waals surface area contributed by atoms with E-state index in [1.165, 1.54) is 18.1 Å². The molecule has 0 radical (unpaired) electrons. The molecule has 6 heteroatoms. The predicted molar refractivity (Wildman–Crippen MR) is 121 cm³/mol.